The molecule has 1 fully saturated rings. The molecule has 0 radical (unpaired) electrons. The molecule has 2 N–H and O–H groups in total. The number of hydrogen-bond donors (Lipinski definition) is 2. The lowest BCUT2D eigenvalue weighted by Gasteiger charge is -2.09. The number of halogens is 1. The van der Waals surface area contributed by atoms with E-state index in [-0.39, 0.29) is 12.5 Å². The first-order valence-corrected chi connectivity index (χ1v) is 6.97. The van der Waals surface area contributed by atoms with Crippen LogP contribution >= 0.6 is 11.6 Å². The van der Waals surface area contributed by atoms with Crippen molar-refractivity contribution in [3.8, 4) is 0 Å². The second kappa shape index (κ2) is 6.19. The highest BCUT2D eigenvalue weighted by Crippen LogP contribution is 2.38. The molecular weight excluding hydrogens is 264 g/mol. The van der Waals surface area contributed by atoms with Gasteiger partial charge in [0.2, 0.25) is 5.91 Å². The van der Waals surface area contributed by atoms with Crippen molar-refractivity contribution in [2.45, 2.75) is 32.6 Å². The smallest absolute Gasteiger partial charge is 0.239 e. The quantitative estimate of drug-likeness (QED) is 0.785. The van der Waals surface area contributed by atoms with Crippen molar-refractivity contribution in [3.05, 3.63) is 17.0 Å². The maximum atomic E-state index is 11.6. The molecule has 1 aromatic rings. The van der Waals surface area contributed by atoms with Crippen LogP contribution in [0.2, 0.25) is 5.15 Å². The second-order valence-corrected chi connectivity index (χ2v) is 5.65. The van der Waals surface area contributed by atoms with Crippen molar-refractivity contribution in [2.75, 3.05) is 18.4 Å². The van der Waals surface area contributed by atoms with Crippen molar-refractivity contribution in [2.24, 2.45) is 5.92 Å². The summed E-state index contributed by atoms with van der Waals surface area (Å²) >= 11 is 5.95. The van der Waals surface area contributed by atoms with Crippen LogP contribution in [0.1, 0.15) is 38.4 Å². The van der Waals surface area contributed by atoms with Gasteiger partial charge in [0.1, 0.15) is 16.8 Å². The fraction of sp³-hybridized carbons (Fsp3) is 0.615. The highest BCUT2D eigenvalue weighted by Gasteiger charge is 2.27. The molecule has 1 heterocycles. The zero-order chi connectivity index (χ0) is 13.8. The number of nitrogens with zero attached hydrogens (tertiary/aromatic N) is 2. The molecular formula is C13H19ClN4O. The molecule has 0 aromatic carbocycles. The third kappa shape index (κ3) is 4.67. The molecule has 19 heavy (non-hydrogen) atoms. The van der Waals surface area contributed by atoms with Crippen molar-refractivity contribution >= 4 is 23.3 Å². The Morgan fingerprint density at radius 1 is 1.47 bits per heavy atom. The molecule has 0 atom stereocenters. The predicted molar refractivity (Wildman–Crippen MR) is 75.4 cm³/mol. The minimum atomic E-state index is -0.0450. The van der Waals surface area contributed by atoms with Gasteiger partial charge >= 0.3 is 0 Å². The minimum Gasteiger partial charge on any atom is -0.361 e. The maximum absolute atomic E-state index is 11.6. The van der Waals surface area contributed by atoms with Crippen molar-refractivity contribution in [1.82, 2.24) is 15.3 Å². The van der Waals surface area contributed by atoms with Crippen LogP contribution in [0.25, 0.3) is 0 Å². The highest BCUT2D eigenvalue weighted by molar-refractivity contribution is 6.29. The van der Waals surface area contributed by atoms with Gasteiger partial charge in [0.25, 0.3) is 0 Å². The first-order chi connectivity index (χ1) is 9.04. The molecule has 5 nitrogen and oxygen atoms in total. The number of aromatic nitrogens is 2. The van der Waals surface area contributed by atoms with E-state index in [0.29, 0.717) is 29.4 Å². The monoisotopic (exact) mass is 282 g/mol. The average Bonchev–Trinajstić information content (AvgIpc) is 3.17. The van der Waals surface area contributed by atoms with Crippen LogP contribution in [0.3, 0.4) is 0 Å². The first-order valence-electron chi connectivity index (χ1n) is 6.59. The van der Waals surface area contributed by atoms with E-state index in [1.807, 2.05) is 0 Å². The zero-order valence-electron chi connectivity index (χ0n) is 11.2. The Morgan fingerprint density at radius 2 is 2.21 bits per heavy atom. The van der Waals surface area contributed by atoms with E-state index < -0.39 is 0 Å². The molecule has 1 amide bonds. The van der Waals surface area contributed by atoms with Gasteiger partial charge in [-0.3, -0.25) is 4.79 Å². The van der Waals surface area contributed by atoms with Crippen LogP contribution in [0.4, 0.5) is 5.82 Å². The molecule has 0 aliphatic heterocycles. The van der Waals surface area contributed by atoms with Crippen LogP contribution in [0.5, 0.6) is 0 Å². The van der Waals surface area contributed by atoms with Crippen molar-refractivity contribution < 1.29 is 4.79 Å². The van der Waals surface area contributed by atoms with Gasteiger partial charge in [0.15, 0.2) is 0 Å². The van der Waals surface area contributed by atoms with E-state index in [2.05, 4.69) is 34.4 Å². The lowest BCUT2D eigenvalue weighted by atomic mass is 10.2. The topological polar surface area (TPSA) is 66.9 Å². The van der Waals surface area contributed by atoms with E-state index in [1.165, 1.54) is 0 Å². The van der Waals surface area contributed by atoms with Crippen LogP contribution in [0, 0.1) is 5.92 Å². The standard InChI is InChI=1S/C13H19ClN4O/c1-8(2)6-16-12(19)7-15-11-5-10(14)17-13(18-11)9-3-4-9/h5,8-9H,3-4,6-7H2,1-2H3,(H,16,19)(H,15,17,18). The fourth-order valence-corrected chi connectivity index (χ4v) is 1.79. The lowest BCUT2D eigenvalue weighted by Crippen LogP contribution is -2.32. The molecule has 0 spiro atoms. The summed E-state index contributed by atoms with van der Waals surface area (Å²) in [5.74, 6) is 2.23. The summed E-state index contributed by atoms with van der Waals surface area (Å²) in [6, 6.07) is 1.64. The number of anilines is 1. The molecule has 1 saturated carbocycles. The van der Waals surface area contributed by atoms with Crippen molar-refractivity contribution in [3.63, 3.8) is 0 Å². The van der Waals surface area contributed by atoms with E-state index in [0.717, 1.165) is 18.7 Å². The van der Waals surface area contributed by atoms with Crippen molar-refractivity contribution in [1.29, 1.82) is 0 Å². The summed E-state index contributed by atoms with van der Waals surface area (Å²) in [5.41, 5.74) is 0. The first kappa shape index (κ1) is 14.1. The molecule has 1 aromatic heterocycles. The zero-order valence-corrected chi connectivity index (χ0v) is 12.0. The maximum Gasteiger partial charge on any atom is 0.239 e. The highest BCUT2D eigenvalue weighted by atomic mass is 35.5. The molecule has 0 saturated heterocycles. The lowest BCUT2D eigenvalue weighted by molar-refractivity contribution is -0.119. The number of carbonyl (C=O) groups excluding carboxylic acids is 1. The Bertz CT molecular complexity index is 460. The number of amides is 1. The van der Waals surface area contributed by atoms with E-state index in [4.69, 9.17) is 11.6 Å². The van der Waals surface area contributed by atoms with Gasteiger partial charge in [0, 0.05) is 18.5 Å². The fourth-order valence-electron chi connectivity index (χ4n) is 1.60. The summed E-state index contributed by atoms with van der Waals surface area (Å²) in [4.78, 5) is 20.2. The summed E-state index contributed by atoms with van der Waals surface area (Å²) in [6.07, 6.45) is 2.24. The van der Waals surface area contributed by atoms with Crippen LogP contribution in [0.15, 0.2) is 6.07 Å². The van der Waals surface area contributed by atoms with Gasteiger partial charge < -0.3 is 10.6 Å². The predicted octanol–water partition coefficient (Wildman–Crippen LogP) is 2.19. The van der Waals surface area contributed by atoms with Gasteiger partial charge in [0.05, 0.1) is 6.54 Å². The SMILES string of the molecule is CC(C)CNC(=O)CNc1cc(Cl)nc(C2CC2)n1. The third-order valence-electron chi connectivity index (χ3n) is 2.79. The summed E-state index contributed by atoms with van der Waals surface area (Å²) in [5, 5.41) is 6.24. The normalized spacial score (nSPS) is 14.5. The van der Waals surface area contributed by atoms with E-state index in [9.17, 15) is 4.79 Å². The second-order valence-electron chi connectivity index (χ2n) is 5.26. The largest absolute Gasteiger partial charge is 0.361 e. The van der Waals surface area contributed by atoms with Gasteiger partial charge in [-0.2, -0.15) is 0 Å². The van der Waals surface area contributed by atoms with E-state index >= 15 is 0 Å². The Kier molecular flexibility index (Phi) is 4.58. The number of nitrogens with one attached hydrogen (secondary N) is 2. The van der Waals surface area contributed by atoms with Gasteiger partial charge in [-0.15, -0.1) is 0 Å². The molecule has 104 valence electrons. The van der Waals surface area contributed by atoms with E-state index in [1.54, 1.807) is 6.07 Å². The summed E-state index contributed by atoms with van der Waals surface area (Å²) < 4.78 is 0. The van der Waals surface area contributed by atoms with Crippen LogP contribution < -0.4 is 10.6 Å². The van der Waals surface area contributed by atoms with Gasteiger partial charge in [-0.05, 0) is 18.8 Å². The Labute approximate surface area is 118 Å². The minimum absolute atomic E-state index is 0.0450. The van der Waals surface area contributed by atoms with Crippen LogP contribution in [-0.4, -0.2) is 29.0 Å². The molecule has 0 bridgehead atoms. The summed E-state index contributed by atoms with van der Waals surface area (Å²) in [6.45, 7) is 4.99. The average molecular weight is 283 g/mol. The van der Waals surface area contributed by atoms with Gasteiger partial charge in [-0.25, -0.2) is 9.97 Å². The third-order valence-corrected chi connectivity index (χ3v) is 2.99. The Balaban J connectivity index is 1.86. The Hall–Kier alpha value is -1.36. The molecule has 0 unspecified atom stereocenters. The van der Waals surface area contributed by atoms with Gasteiger partial charge in [-0.1, -0.05) is 25.4 Å². The molecule has 1 aliphatic rings. The number of carbonyl (C=O) groups is 1. The Morgan fingerprint density at radius 3 is 2.84 bits per heavy atom. The number of rotatable bonds is 6. The summed E-state index contributed by atoms with van der Waals surface area (Å²) in [7, 11) is 0. The van der Waals surface area contributed by atoms with Crippen LogP contribution in [-0.2, 0) is 4.79 Å². The molecule has 1 aliphatic carbocycles. The molecule has 2 rings (SSSR count). The molecule has 6 heteroatoms. The number of hydrogen-bond acceptors (Lipinski definition) is 4.